The number of aromatic nitrogens is 4. The number of methoxy groups -OCH3 is 2. The molecule has 0 unspecified atom stereocenters. The van der Waals surface area contributed by atoms with Gasteiger partial charge in [-0.2, -0.15) is 5.10 Å². The normalized spacial score (nSPS) is 10.4. The number of aryl methyl sites for hydroxylation is 2. The highest BCUT2D eigenvalue weighted by Crippen LogP contribution is 2.29. The van der Waals surface area contributed by atoms with E-state index in [1.807, 2.05) is 19.9 Å². The largest absolute Gasteiger partial charge is 0.497 e. The highest BCUT2D eigenvalue weighted by Gasteiger charge is 2.11. The smallest absolute Gasteiger partial charge is 0.324 e. The van der Waals surface area contributed by atoms with E-state index in [4.69, 9.17) is 9.47 Å². The maximum atomic E-state index is 12.3. The summed E-state index contributed by atoms with van der Waals surface area (Å²) in [7, 11) is 3.08. The predicted molar refractivity (Wildman–Crippen MR) is 101 cm³/mol. The minimum atomic E-state index is -0.462. The Morgan fingerprint density at radius 2 is 1.85 bits per heavy atom. The van der Waals surface area contributed by atoms with Crippen molar-refractivity contribution < 1.29 is 14.3 Å². The highest BCUT2D eigenvalue weighted by atomic mass is 16.5. The van der Waals surface area contributed by atoms with Crippen molar-refractivity contribution in [3.8, 4) is 17.3 Å². The van der Waals surface area contributed by atoms with Gasteiger partial charge in [0, 0.05) is 17.8 Å². The van der Waals surface area contributed by atoms with Crippen LogP contribution in [0.15, 0.2) is 36.7 Å². The molecule has 0 aliphatic heterocycles. The summed E-state index contributed by atoms with van der Waals surface area (Å²) in [5.74, 6) is 2.02. The average molecular weight is 368 g/mol. The number of benzene rings is 1. The Hall–Kier alpha value is -3.62. The Balaban J connectivity index is 1.75. The molecule has 0 spiro atoms. The van der Waals surface area contributed by atoms with Crippen molar-refractivity contribution in [1.82, 2.24) is 19.7 Å². The molecule has 0 aliphatic rings. The van der Waals surface area contributed by atoms with Crippen LogP contribution < -0.4 is 20.1 Å². The fraction of sp³-hybridized carbons (Fsp3) is 0.222. The molecule has 27 heavy (non-hydrogen) atoms. The molecular weight excluding hydrogens is 348 g/mol. The molecule has 9 nitrogen and oxygen atoms in total. The monoisotopic (exact) mass is 368 g/mol. The minimum absolute atomic E-state index is 0.345. The number of amides is 2. The van der Waals surface area contributed by atoms with Crippen molar-refractivity contribution in [2.24, 2.45) is 0 Å². The number of hydrogen-bond donors (Lipinski definition) is 2. The molecule has 140 valence electrons. The second-order valence-corrected chi connectivity index (χ2v) is 5.75. The summed E-state index contributed by atoms with van der Waals surface area (Å²) in [6.07, 6.45) is 1.37. The summed E-state index contributed by atoms with van der Waals surface area (Å²) in [6, 6.07) is 8.22. The number of carbonyl (C=O) groups excluding carboxylic acids is 1. The van der Waals surface area contributed by atoms with Gasteiger partial charge in [0.05, 0.1) is 25.6 Å². The standard InChI is InChI=1S/C18H20N6O3/c1-11-7-12(2)24(23-11)17-9-16(19-10-20-17)22-18(25)21-14-6-5-13(26-3)8-15(14)27-4/h5-10H,1-4H3,(H2,19,20,21,22,25). The summed E-state index contributed by atoms with van der Waals surface area (Å²) in [6.45, 7) is 3.83. The van der Waals surface area contributed by atoms with Crippen LogP contribution in [0.5, 0.6) is 11.5 Å². The van der Waals surface area contributed by atoms with E-state index in [0.717, 1.165) is 11.4 Å². The Morgan fingerprint density at radius 3 is 2.52 bits per heavy atom. The summed E-state index contributed by atoms with van der Waals surface area (Å²) in [5, 5.41) is 9.78. The summed E-state index contributed by atoms with van der Waals surface area (Å²) in [5.41, 5.74) is 2.32. The van der Waals surface area contributed by atoms with Gasteiger partial charge in [-0.15, -0.1) is 0 Å². The van der Waals surface area contributed by atoms with Crippen LogP contribution in [0.1, 0.15) is 11.4 Å². The van der Waals surface area contributed by atoms with Gasteiger partial charge in [0.1, 0.15) is 23.6 Å². The number of anilines is 2. The maximum Gasteiger partial charge on any atom is 0.324 e. The molecule has 9 heteroatoms. The quantitative estimate of drug-likeness (QED) is 0.718. The molecular formula is C18H20N6O3. The molecule has 1 aromatic carbocycles. The maximum absolute atomic E-state index is 12.3. The molecule has 0 atom stereocenters. The van der Waals surface area contributed by atoms with Gasteiger partial charge in [-0.05, 0) is 32.0 Å². The number of nitrogens with one attached hydrogen (secondary N) is 2. The topological polar surface area (TPSA) is 103 Å². The highest BCUT2D eigenvalue weighted by molar-refractivity contribution is 6.00. The fourth-order valence-electron chi connectivity index (χ4n) is 2.56. The molecule has 0 saturated carbocycles. The van der Waals surface area contributed by atoms with Gasteiger partial charge in [0.2, 0.25) is 0 Å². The third-order valence-corrected chi connectivity index (χ3v) is 3.78. The lowest BCUT2D eigenvalue weighted by Crippen LogP contribution is -2.21. The second kappa shape index (κ2) is 7.73. The SMILES string of the molecule is COc1ccc(NC(=O)Nc2cc(-n3nc(C)cc3C)ncn2)c(OC)c1. The molecule has 0 radical (unpaired) electrons. The summed E-state index contributed by atoms with van der Waals surface area (Å²) in [4.78, 5) is 20.6. The van der Waals surface area contributed by atoms with E-state index in [1.54, 1.807) is 36.1 Å². The number of rotatable bonds is 5. The molecule has 0 fully saturated rings. The van der Waals surface area contributed by atoms with Gasteiger partial charge in [0.25, 0.3) is 0 Å². The molecule has 2 amide bonds. The van der Waals surface area contributed by atoms with Crippen LogP contribution in [0.25, 0.3) is 5.82 Å². The van der Waals surface area contributed by atoms with E-state index in [9.17, 15) is 4.79 Å². The number of urea groups is 1. The van der Waals surface area contributed by atoms with Crippen molar-refractivity contribution in [1.29, 1.82) is 0 Å². The van der Waals surface area contributed by atoms with Gasteiger partial charge < -0.3 is 14.8 Å². The van der Waals surface area contributed by atoms with Crippen LogP contribution in [-0.2, 0) is 0 Å². The Morgan fingerprint density at radius 1 is 1.04 bits per heavy atom. The zero-order valence-corrected chi connectivity index (χ0v) is 15.5. The van der Waals surface area contributed by atoms with E-state index >= 15 is 0 Å². The van der Waals surface area contributed by atoms with Gasteiger partial charge in [0.15, 0.2) is 5.82 Å². The van der Waals surface area contributed by atoms with Crippen LogP contribution in [0, 0.1) is 13.8 Å². The number of hydrogen-bond acceptors (Lipinski definition) is 6. The summed E-state index contributed by atoms with van der Waals surface area (Å²) < 4.78 is 12.1. The van der Waals surface area contributed by atoms with Crippen LogP contribution in [0.3, 0.4) is 0 Å². The average Bonchev–Trinajstić information content (AvgIpc) is 3.00. The third-order valence-electron chi connectivity index (χ3n) is 3.78. The number of nitrogens with zero attached hydrogens (tertiary/aromatic N) is 4. The molecule has 0 bridgehead atoms. The molecule has 0 aliphatic carbocycles. The number of ether oxygens (including phenoxy) is 2. The zero-order valence-electron chi connectivity index (χ0n) is 15.5. The van der Waals surface area contributed by atoms with E-state index in [1.165, 1.54) is 13.4 Å². The predicted octanol–water partition coefficient (Wildman–Crippen LogP) is 2.94. The van der Waals surface area contributed by atoms with Gasteiger partial charge >= 0.3 is 6.03 Å². The first-order valence-electron chi connectivity index (χ1n) is 8.16. The van der Waals surface area contributed by atoms with E-state index in [0.29, 0.717) is 28.8 Å². The third kappa shape index (κ3) is 4.14. The lowest BCUT2D eigenvalue weighted by molar-refractivity contribution is 0.262. The van der Waals surface area contributed by atoms with Crippen molar-refractivity contribution >= 4 is 17.5 Å². The van der Waals surface area contributed by atoms with E-state index in [2.05, 4.69) is 25.7 Å². The Bertz CT molecular complexity index is 969. The van der Waals surface area contributed by atoms with Crippen LogP contribution >= 0.6 is 0 Å². The van der Waals surface area contributed by atoms with E-state index < -0.39 is 6.03 Å². The first-order chi connectivity index (χ1) is 13.0. The van der Waals surface area contributed by atoms with Crippen molar-refractivity contribution in [2.75, 3.05) is 24.9 Å². The first kappa shape index (κ1) is 18.2. The van der Waals surface area contributed by atoms with Crippen LogP contribution in [0.2, 0.25) is 0 Å². The lowest BCUT2D eigenvalue weighted by Gasteiger charge is -2.12. The fourth-order valence-corrected chi connectivity index (χ4v) is 2.56. The second-order valence-electron chi connectivity index (χ2n) is 5.75. The van der Waals surface area contributed by atoms with E-state index in [-0.39, 0.29) is 0 Å². The Kier molecular flexibility index (Phi) is 5.20. The van der Waals surface area contributed by atoms with Gasteiger partial charge in [-0.3, -0.25) is 5.32 Å². The van der Waals surface area contributed by atoms with Crippen molar-refractivity contribution in [3.63, 3.8) is 0 Å². The number of carbonyl (C=O) groups is 1. The minimum Gasteiger partial charge on any atom is -0.497 e. The molecule has 2 heterocycles. The molecule has 0 saturated heterocycles. The molecule has 2 aromatic heterocycles. The molecule has 3 rings (SSSR count). The van der Waals surface area contributed by atoms with Crippen LogP contribution in [-0.4, -0.2) is 40.0 Å². The summed E-state index contributed by atoms with van der Waals surface area (Å²) >= 11 is 0. The lowest BCUT2D eigenvalue weighted by atomic mass is 10.2. The molecule has 3 aromatic rings. The van der Waals surface area contributed by atoms with Gasteiger partial charge in [-0.25, -0.2) is 19.4 Å². The van der Waals surface area contributed by atoms with Crippen molar-refractivity contribution in [3.05, 3.63) is 48.0 Å². The Labute approximate surface area is 156 Å². The van der Waals surface area contributed by atoms with Crippen LogP contribution in [0.4, 0.5) is 16.3 Å². The molecule has 2 N–H and O–H groups in total. The first-order valence-corrected chi connectivity index (χ1v) is 8.16. The van der Waals surface area contributed by atoms with Crippen molar-refractivity contribution in [2.45, 2.75) is 13.8 Å². The van der Waals surface area contributed by atoms with Gasteiger partial charge in [-0.1, -0.05) is 0 Å². The zero-order chi connectivity index (χ0) is 19.4.